The molecular formula is C23H26ClNO4. The number of nitrogens with zero attached hydrogens (tertiary/aromatic N) is 1. The van der Waals surface area contributed by atoms with Crippen LogP contribution < -0.4 is 9.47 Å². The molecule has 0 radical (unpaired) electrons. The Kier molecular flexibility index (Phi) is 6.48. The Bertz CT molecular complexity index is 933. The summed E-state index contributed by atoms with van der Waals surface area (Å²) in [6.07, 6.45) is 1.30. The summed E-state index contributed by atoms with van der Waals surface area (Å²) in [6.45, 7) is 5.06. The van der Waals surface area contributed by atoms with Crippen LogP contribution >= 0.6 is 11.6 Å². The van der Waals surface area contributed by atoms with E-state index in [-0.39, 0.29) is 17.6 Å². The zero-order valence-corrected chi connectivity index (χ0v) is 18.0. The molecule has 3 rings (SSSR count). The summed E-state index contributed by atoms with van der Waals surface area (Å²) in [6, 6.07) is 9.15. The van der Waals surface area contributed by atoms with Crippen molar-refractivity contribution in [1.29, 1.82) is 0 Å². The fraction of sp³-hybridized carbons (Fsp3) is 0.391. The molecule has 1 aliphatic heterocycles. The number of rotatable bonds is 5. The van der Waals surface area contributed by atoms with Crippen molar-refractivity contribution < 1.29 is 19.1 Å². The third kappa shape index (κ3) is 4.40. The van der Waals surface area contributed by atoms with Crippen LogP contribution in [0, 0.1) is 19.8 Å². The van der Waals surface area contributed by atoms with Gasteiger partial charge in [-0.15, -0.1) is 0 Å². The Hall–Kier alpha value is -2.53. The second-order valence-corrected chi connectivity index (χ2v) is 7.85. The number of piperidine rings is 1. The molecule has 1 aliphatic rings. The molecule has 1 fully saturated rings. The SMILES string of the molecule is COc1cc(C(=O)N2CCC(C(=O)c3ccc(C)cc3C)CC2)cc(Cl)c1OC. The van der Waals surface area contributed by atoms with Crippen LogP contribution in [0.4, 0.5) is 0 Å². The molecule has 1 saturated heterocycles. The van der Waals surface area contributed by atoms with Crippen molar-refractivity contribution in [3.63, 3.8) is 0 Å². The molecule has 0 spiro atoms. The summed E-state index contributed by atoms with van der Waals surface area (Å²) in [7, 11) is 3.01. The van der Waals surface area contributed by atoms with Gasteiger partial charge in [-0.25, -0.2) is 0 Å². The van der Waals surface area contributed by atoms with Gasteiger partial charge in [-0.2, -0.15) is 0 Å². The van der Waals surface area contributed by atoms with Crippen molar-refractivity contribution in [2.45, 2.75) is 26.7 Å². The lowest BCUT2D eigenvalue weighted by molar-refractivity contribution is 0.0650. The van der Waals surface area contributed by atoms with E-state index in [1.54, 1.807) is 17.0 Å². The lowest BCUT2D eigenvalue weighted by atomic mass is 9.87. The summed E-state index contributed by atoms with van der Waals surface area (Å²) < 4.78 is 10.5. The van der Waals surface area contributed by atoms with E-state index in [2.05, 4.69) is 0 Å². The number of Topliss-reactive ketones (excluding diaryl/α,β-unsaturated/α-hetero) is 1. The number of carbonyl (C=O) groups is 2. The van der Waals surface area contributed by atoms with Gasteiger partial charge >= 0.3 is 0 Å². The zero-order chi connectivity index (χ0) is 21.1. The molecule has 6 heteroatoms. The number of methoxy groups -OCH3 is 2. The van der Waals surface area contributed by atoms with Crippen LogP contribution in [0.2, 0.25) is 5.02 Å². The highest BCUT2D eigenvalue weighted by atomic mass is 35.5. The van der Waals surface area contributed by atoms with Gasteiger partial charge in [0.2, 0.25) is 0 Å². The third-order valence-electron chi connectivity index (χ3n) is 5.48. The van der Waals surface area contributed by atoms with Crippen LogP contribution in [0.5, 0.6) is 11.5 Å². The summed E-state index contributed by atoms with van der Waals surface area (Å²) in [4.78, 5) is 27.6. The first-order valence-electron chi connectivity index (χ1n) is 9.68. The lowest BCUT2D eigenvalue weighted by Crippen LogP contribution is -2.40. The Labute approximate surface area is 176 Å². The minimum atomic E-state index is -0.120. The second kappa shape index (κ2) is 8.87. The fourth-order valence-electron chi connectivity index (χ4n) is 3.88. The maximum Gasteiger partial charge on any atom is 0.254 e. The smallest absolute Gasteiger partial charge is 0.254 e. The molecule has 5 nitrogen and oxygen atoms in total. The molecule has 1 amide bonds. The summed E-state index contributed by atoms with van der Waals surface area (Å²) in [5.41, 5.74) is 3.39. The normalized spacial score (nSPS) is 14.6. The van der Waals surface area contributed by atoms with E-state index >= 15 is 0 Å². The molecule has 0 N–H and O–H groups in total. The highest BCUT2D eigenvalue weighted by molar-refractivity contribution is 6.32. The Morgan fingerprint density at radius 2 is 1.72 bits per heavy atom. The molecule has 154 valence electrons. The maximum atomic E-state index is 12.9. The predicted octanol–water partition coefficient (Wildman–Crippen LogP) is 4.71. The second-order valence-electron chi connectivity index (χ2n) is 7.44. The van der Waals surface area contributed by atoms with Crippen molar-refractivity contribution in [3.05, 3.63) is 57.6 Å². The first-order chi connectivity index (χ1) is 13.8. The van der Waals surface area contributed by atoms with E-state index in [9.17, 15) is 9.59 Å². The molecule has 0 aromatic heterocycles. The van der Waals surface area contributed by atoms with Gasteiger partial charge in [-0.1, -0.05) is 35.4 Å². The average Bonchev–Trinajstić information content (AvgIpc) is 2.72. The number of carbonyl (C=O) groups excluding carboxylic acids is 2. The first-order valence-corrected chi connectivity index (χ1v) is 10.1. The van der Waals surface area contributed by atoms with Gasteiger partial charge in [0.25, 0.3) is 5.91 Å². The number of ether oxygens (including phenoxy) is 2. The van der Waals surface area contributed by atoms with Gasteiger partial charge in [0.15, 0.2) is 17.3 Å². The van der Waals surface area contributed by atoms with Crippen molar-refractivity contribution >= 4 is 23.3 Å². The molecule has 0 bridgehead atoms. The molecule has 1 heterocycles. The van der Waals surface area contributed by atoms with E-state index in [4.69, 9.17) is 21.1 Å². The Morgan fingerprint density at radius 3 is 2.31 bits per heavy atom. The lowest BCUT2D eigenvalue weighted by Gasteiger charge is -2.31. The van der Waals surface area contributed by atoms with Crippen LogP contribution in [-0.4, -0.2) is 43.9 Å². The molecule has 0 unspecified atom stereocenters. The number of aryl methyl sites for hydroxylation is 2. The van der Waals surface area contributed by atoms with Gasteiger partial charge in [-0.3, -0.25) is 9.59 Å². The van der Waals surface area contributed by atoms with Gasteiger partial charge in [0.05, 0.1) is 19.2 Å². The highest BCUT2D eigenvalue weighted by Crippen LogP contribution is 2.36. The molecule has 2 aromatic carbocycles. The minimum absolute atomic E-state index is 0.0607. The monoisotopic (exact) mass is 415 g/mol. The van der Waals surface area contributed by atoms with Crippen molar-refractivity contribution in [1.82, 2.24) is 4.90 Å². The van der Waals surface area contributed by atoms with Crippen LogP contribution in [0.15, 0.2) is 30.3 Å². The van der Waals surface area contributed by atoms with Crippen LogP contribution in [0.25, 0.3) is 0 Å². The van der Waals surface area contributed by atoms with Crippen LogP contribution in [-0.2, 0) is 0 Å². The number of hydrogen-bond donors (Lipinski definition) is 0. The number of amides is 1. The molecular weight excluding hydrogens is 390 g/mol. The van der Waals surface area contributed by atoms with Crippen molar-refractivity contribution in [2.75, 3.05) is 27.3 Å². The molecule has 0 atom stereocenters. The zero-order valence-electron chi connectivity index (χ0n) is 17.3. The van der Waals surface area contributed by atoms with Gasteiger partial charge in [0, 0.05) is 30.1 Å². The summed E-state index contributed by atoms with van der Waals surface area (Å²) >= 11 is 6.23. The van der Waals surface area contributed by atoms with Gasteiger partial charge < -0.3 is 14.4 Å². The number of ketones is 1. The van der Waals surface area contributed by atoms with E-state index in [1.807, 2.05) is 32.0 Å². The van der Waals surface area contributed by atoms with Crippen LogP contribution in [0.3, 0.4) is 0 Å². The standard InChI is InChI=1S/C23H26ClNO4/c1-14-5-6-18(15(2)11-14)21(26)16-7-9-25(10-8-16)23(27)17-12-19(24)22(29-4)20(13-17)28-3/h5-6,11-13,16H,7-10H2,1-4H3. The minimum Gasteiger partial charge on any atom is -0.493 e. The highest BCUT2D eigenvalue weighted by Gasteiger charge is 2.29. The largest absolute Gasteiger partial charge is 0.493 e. The number of benzene rings is 2. The Morgan fingerprint density at radius 1 is 1.03 bits per heavy atom. The van der Waals surface area contributed by atoms with Gasteiger partial charge in [-0.05, 0) is 44.4 Å². The van der Waals surface area contributed by atoms with E-state index in [1.165, 1.54) is 14.2 Å². The molecule has 29 heavy (non-hydrogen) atoms. The topological polar surface area (TPSA) is 55.8 Å². The molecule has 0 saturated carbocycles. The molecule has 2 aromatic rings. The Balaban J connectivity index is 1.70. The number of halogens is 1. The molecule has 0 aliphatic carbocycles. The van der Waals surface area contributed by atoms with E-state index < -0.39 is 0 Å². The number of likely N-dealkylation sites (tertiary alicyclic amines) is 1. The average molecular weight is 416 g/mol. The predicted molar refractivity (Wildman–Crippen MR) is 113 cm³/mol. The number of hydrogen-bond acceptors (Lipinski definition) is 4. The quantitative estimate of drug-likeness (QED) is 0.663. The maximum absolute atomic E-state index is 12.9. The third-order valence-corrected chi connectivity index (χ3v) is 5.76. The van der Waals surface area contributed by atoms with Crippen molar-refractivity contribution in [2.24, 2.45) is 5.92 Å². The summed E-state index contributed by atoms with van der Waals surface area (Å²) in [5, 5.41) is 0.329. The fourth-order valence-corrected chi connectivity index (χ4v) is 4.17. The van der Waals surface area contributed by atoms with Crippen molar-refractivity contribution in [3.8, 4) is 11.5 Å². The van der Waals surface area contributed by atoms with Gasteiger partial charge in [0.1, 0.15) is 0 Å². The van der Waals surface area contributed by atoms with E-state index in [0.717, 1.165) is 16.7 Å². The van der Waals surface area contributed by atoms with E-state index in [0.29, 0.717) is 48.0 Å². The summed E-state index contributed by atoms with van der Waals surface area (Å²) in [5.74, 6) is 0.815. The van der Waals surface area contributed by atoms with Crippen LogP contribution in [0.1, 0.15) is 44.7 Å². The first kappa shape index (κ1) is 21.2.